The Morgan fingerprint density at radius 1 is 1.29 bits per heavy atom. The molecule has 0 radical (unpaired) electrons. The Balaban J connectivity index is -0.000000193. The molecule has 0 bridgehead atoms. The zero-order valence-corrected chi connectivity index (χ0v) is 10.5. The highest BCUT2D eigenvalue weighted by molar-refractivity contribution is 5.33. The third kappa shape index (κ3) is 6.03. The van der Waals surface area contributed by atoms with Gasteiger partial charge in [0.05, 0.1) is 6.61 Å². The second-order valence-corrected chi connectivity index (χ2v) is 4.18. The van der Waals surface area contributed by atoms with E-state index in [1.54, 1.807) is 7.11 Å². The summed E-state index contributed by atoms with van der Waals surface area (Å²) in [5.74, 6) is 14.0. The molecule has 1 aliphatic heterocycles. The molecule has 1 aliphatic rings. The number of hydrogen-bond acceptors (Lipinski definition) is 2. The first-order valence-electron chi connectivity index (χ1n) is 6.01. The normalized spacial score (nSPS) is 16.2. The van der Waals surface area contributed by atoms with Gasteiger partial charge in [0, 0.05) is 27.2 Å². The third-order valence-corrected chi connectivity index (χ3v) is 3.00. The van der Waals surface area contributed by atoms with Crippen LogP contribution in [0.4, 0.5) is 0 Å². The van der Waals surface area contributed by atoms with E-state index < -0.39 is 0 Å². The van der Waals surface area contributed by atoms with Crippen LogP contribution in [0.2, 0.25) is 0 Å². The molecule has 100 valence electrons. The summed E-state index contributed by atoms with van der Waals surface area (Å²) >= 11 is 0. The van der Waals surface area contributed by atoms with Crippen molar-refractivity contribution in [2.24, 2.45) is 5.92 Å². The van der Waals surface area contributed by atoms with Crippen molar-refractivity contribution in [1.29, 1.82) is 0 Å². The smallest absolute Gasteiger partial charge is 0.0589 e. The summed E-state index contributed by atoms with van der Waals surface area (Å²) in [7, 11) is 1.75. The molecule has 0 unspecified atom stereocenters. The van der Waals surface area contributed by atoms with Gasteiger partial charge in [-0.2, -0.15) is 0 Å². The predicted octanol–water partition coefficient (Wildman–Crippen LogP) is 2.60. The van der Waals surface area contributed by atoms with Crippen LogP contribution >= 0.6 is 0 Å². The summed E-state index contributed by atoms with van der Waals surface area (Å²) < 4.78 is 5.08. The Morgan fingerprint density at radius 3 is 2.71 bits per heavy atom. The lowest BCUT2D eigenvalue weighted by atomic mass is 9.94. The fraction of sp³-hybridized carbons (Fsp3) is 0.600. The van der Waals surface area contributed by atoms with Crippen LogP contribution in [0.15, 0.2) is 0 Å². The molecule has 17 heavy (non-hydrogen) atoms. The van der Waals surface area contributed by atoms with Crippen LogP contribution in [0.5, 0.6) is 0 Å². The van der Waals surface area contributed by atoms with Gasteiger partial charge in [-0.05, 0) is 55.5 Å². The summed E-state index contributed by atoms with van der Waals surface area (Å²) in [5, 5.41) is 0. The van der Waals surface area contributed by atoms with Crippen molar-refractivity contribution in [3.63, 3.8) is 0 Å². The fourth-order valence-electron chi connectivity index (χ4n) is 1.94. The molecular weight excluding hydrogens is 210 g/mol. The van der Waals surface area contributed by atoms with Gasteiger partial charge in [-0.3, -0.25) is 0 Å². The minimum atomic E-state index is 0. The topological polar surface area (TPSA) is 12.5 Å². The molecule has 0 spiro atoms. The van der Waals surface area contributed by atoms with Crippen LogP contribution in [0.1, 0.15) is 26.4 Å². The van der Waals surface area contributed by atoms with Crippen molar-refractivity contribution in [2.75, 3.05) is 33.4 Å². The Hall–Kier alpha value is -1.40. The number of methoxy groups -OCH3 is 1. The van der Waals surface area contributed by atoms with E-state index in [1.165, 1.54) is 12.8 Å². The number of hydrogen-bond donors (Lipinski definition) is 0. The molecule has 2 heteroatoms. The van der Waals surface area contributed by atoms with Gasteiger partial charge in [0.15, 0.2) is 0 Å². The minimum absolute atomic E-state index is 0. The van der Waals surface area contributed by atoms with E-state index in [0.29, 0.717) is 5.92 Å². The second kappa shape index (κ2) is 8.72. The Bertz CT molecular complexity index is 381. The monoisotopic (exact) mass is 239 g/mol. The van der Waals surface area contributed by atoms with E-state index in [4.69, 9.17) is 11.2 Å². The van der Waals surface area contributed by atoms with E-state index in [2.05, 4.69) is 34.5 Å². The van der Waals surface area contributed by atoms with Crippen LogP contribution in [0.3, 0.4) is 0 Å². The highest BCUT2D eigenvalue weighted by Crippen LogP contribution is 2.19. The maximum atomic E-state index is 5.08. The summed E-state index contributed by atoms with van der Waals surface area (Å²) in [4.78, 5) is 2.45. The third-order valence-electron chi connectivity index (χ3n) is 3.00. The molecule has 0 aromatic heterocycles. The summed E-state index contributed by atoms with van der Waals surface area (Å²) in [6.45, 7) is 4.19. The van der Waals surface area contributed by atoms with Gasteiger partial charge >= 0.3 is 0 Å². The Kier molecular flexibility index (Phi) is 7.01. The van der Waals surface area contributed by atoms with Crippen LogP contribution in [-0.2, 0) is 4.74 Å². The largest absolute Gasteiger partial charge is 0.383 e. The molecule has 0 atom stereocenters. The first-order chi connectivity index (χ1) is 8.36. The first-order valence-corrected chi connectivity index (χ1v) is 6.01. The maximum Gasteiger partial charge on any atom is 0.0589 e. The molecular formula is C15H29NO. The van der Waals surface area contributed by atoms with Gasteiger partial charge in [0.1, 0.15) is 0 Å². The number of nitrogens with zero attached hydrogens (tertiary/aromatic N) is 1. The van der Waals surface area contributed by atoms with Gasteiger partial charge < -0.3 is 9.64 Å². The van der Waals surface area contributed by atoms with Crippen molar-refractivity contribution in [1.82, 2.24) is 4.90 Å². The van der Waals surface area contributed by atoms with Crippen molar-refractivity contribution in [3.8, 4) is 36.0 Å². The Labute approximate surface area is 112 Å². The van der Waals surface area contributed by atoms with Gasteiger partial charge in [0.25, 0.3) is 0 Å². The van der Waals surface area contributed by atoms with Crippen molar-refractivity contribution >= 4 is 0 Å². The van der Waals surface area contributed by atoms with Gasteiger partial charge in [0.2, 0.25) is 0 Å². The van der Waals surface area contributed by atoms with E-state index in [-0.39, 0.29) is 7.13 Å². The molecule has 1 saturated heterocycles. The van der Waals surface area contributed by atoms with E-state index >= 15 is 0 Å². The average molecular weight is 239 g/mol. The van der Waals surface area contributed by atoms with Crippen LogP contribution in [0.25, 0.3) is 0 Å². The lowest BCUT2D eigenvalue weighted by molar-refractivity contribution is 0.121. The van der Waals surface area contributed by atoms with Crippen molar-refractivity contribution in [2.45, 2.75) is 19.3 Å². The van der Waals surface area contributed by atoms with Crippen LogP contribution < -0.4 is 0 Å². The van der Waals surface area contributed by atoms with Crippen molar-refractivity contribution < 1.29 is 11.9 Å². The number of ether oxygens (including phenoxy) is 1. The standard InChI is InChI=1S/C15H19NO.5H2/c1-3-4-5-6-7-8-15-9-11-16(12-10-15)13-14-17-2;;;;;/h1,15H,8-14H2,2H3;5*1H. The zero-order valence-electron chi connectivity index (χ0n) is 10.5. The molecule has 0 aromatic carbocycles. The average Bonchev–Trinajstić information content (AvgIpc) is 2.37. The predicted molar refractivity (Wildman–Crippen MR) is 80.6 cm³/mol. The summed E-state index contributed by atoms with van der Waals surface area (Å²) in [5.41, 5.74) is 0. The van der Waals surface area contributed by atoms with Crippen LogP contribution in [-0.4, -0.2) is 38.3 Å². The number of terminal acetylenes is 1. The highest BCUT2D eigenvalue weighted by atomic mass is 16.5. The highest BCUT2D eigenvalue weighted by Gasteiger charge is 2.17. The minimum Gasteiger partial charge on any atom is -0.383 e. The first kappa shape index (κ1) is 13.7. The SMILES string of the molecule is C#CC#CC#CCC1CCN(CCOC)CC1.[HH].[HH].[HH].[HH].[HH]. The molecule has 1 heterocycles. The van der Waals surface area contributed by atoms with Gasteiger partial charge in [-0.25, -0.2) is 0 Å². The lowest BCUT2D eigenvalue weighted by Gasteiger charge is -2.30. The molecule has 0 aromatic rings. The van der Waals surface area contributed by atoms with E-state index in [9.17, 15) is 0 Å². The number of rotatable bonds is 4. The maximum absolute atomic E-state index is 5.08. The summed E-state index contributed by atoms with van der Waals surface area (Å²) in [6.07, 6.45) is 8.39. The quantitative estimate of drug-likeness (QED) is 0.699. The molecule has 0 saturated carbocycles. The van der Waals surface area contributed by atoms with Crippen molar-refractivity contribution in [3.05, 3.63) is 0 Å². The van der Waals surface area contributed by atoms with Gasteiger partial charge in [-0.1, -0.05) is 5.92 Å². The number of likely N-dealkylation sites (tertiary alicyclic amines) is 1. The number of piperidine rings is 1. The van der Waals surface area contributed by atoms with Gasteiger partial charge in [-0.15, -0.1) is 6.42 Å². The molecule has 1 fully saturated rings. The fourth-order valence-corrected chi connectivity index (χ4v) is 1.94. The zero-order chi connectivity index (χ0) is 12.3. The molecule has 0 amide bonds. The lowest BCUT2D eigenvalue weighted by Crippen LogP contribution is -2.35. The molecule has 0 N–H and O–H groups in total. The molecule has 0 aliphatic carbocycles. The van der Waals surface area contributed by atoms with E-state index in [1.807, 2.05) is 0 Å². The molecule has 2 nitrogen and oxygen atoms in total. The van der Waals surface area contributed by atoms with Crippen LogP contribution in [0, 0.1) is 41.9 Å². The second-order valence-electron chi connectivity index (χ2n) is 4.18. The van der Waals surface area contributed by atoms with E-state index in [0.717, 1.165) is 32.7 Å². The molecule has 1 rings (SSSR count). The Morgan fingerprint density at radius 2 is 2.06 bits per heavy atom. The summed E-state index contributed by atoms with van der Waals surface area (Å²) in [6, 6.07) is 0.